The van der Waals surface area contributed by atoms with Crippen LogP contribution in [0.1, 0.15) is 11.1 Å². The molecule has 2 aromatic rings. The maximum absolute atomic E-state index is 12.2. The Kier molecular flexibility index (Phi) is 5.63. The van der Waals surface area contributed by atoms with E-state index >= 15 is 0 Å². The molecule has 0 aliphatic rings. The summed E-state index contributed by atoms with van der Waals surface area (Å²) in [5.74, 6) is 0.631. The molecule has 5 heteroatoms. The Labute approximate surface area is 135 Å². The molecule has 0 aliphatic heterocycles. The number of nitrogens with two attached hydrogens (primary N) is 1. The number of carbonyl (C=O) groups is 1. The van der Waals surface area contributed by atoms with E-state index in [0.29, 0.717) is 11.4 Å². The number of ether oxygens (including phenoxy) is 2. The van der Waals surface area contributed by atoms with Crippen molar-refractivity contribution in [3.8, 4) is 5.75 Å². The van der Waals surface area contributed by atoms with Gasteiger partial charge in [0, 0.05) is 11.3 Å². The molecule has 0 atom stereocenters. The fourth-order valence-electron chi connectivity index (χ4n) is 2.07. The summed E-state index contributed by atoms with van der Waals surface area (Å²) in [4.78, 5) is 12.2. The van der Waals surface area contributed by atoms with Gasteiger partial charge in [0.05, 0.1) is 26.3 Å². The van der Waals surface area contributed by atoms with Crippen LogP contribution in [-0.2, 0) is 16.0 Å². The first-order valence-corrected chi connectivity index (χ1v) is 7.14. The lowest BCUT2D eigenvalue weighted by Gasteiger charge is -2.10. The number of nitrogen functional groups attached to an aromatic ring is 1. The van der Waals surface area contributed by atoms with Crippen molar-refractivity contribution in [3.05, 3.63) is 65.9 Å². The van der Waals surface area contributed by atoms with Crippen LogP contribution in [0, 0.1) is 0 Å². The Morgan fingerprint density at radius 1 is 1.09 bits per heavy atom. The van der Waals surface area contributed by atoms with Gasteiger partial charge in [-0.2, -0.15) is 0 Å². The van der Waals surface area contributed by atoms with Crippen LogP contribution >= 0.6 is 0 Å². The minimum atomic E-state index is -0.129. The SMILES string of the molecule is CO/C=C(\NC(=O)Cc1ccc(OC)cc1)c1ccc(N)cc1. The summed E-state index contributed by atoms with van der Waals surface area (Å²) in [6.07, 6.45) is 1.76. The van der Waals surface area contributed by atoms with E-state index in [0.717, 1.165) is 16.9 Å². The zero-order valence-corrected chi connectivity index (χ0v) is 13.2. The van der Waals surface area contributed by atoms with Gasteiger partial charge >= 0.3 is 0 Å². The maximum atomic E-state index is 12.2. The highest BCUT2D eigenvalue weighted by molar-refractivity contribution is 5.88. The Bertz CT molecular complexity index is 676. The van der Waals surface area contributed by atoms with Crippen LogP contribution in [0.3, 0.4) is 0 Å². The summed E-state index contributed by atoms with van der Waals surface area (Å²) < 4.78 is 10.1. The van der Waals surface area contributed by atoms with Gasteiger partial charge in [0.25, 0.3) is 0 Å². The average Bonchev–Trinajstić information content (AvgIpc) is 2.56. The van der Waals surface area contributed by atoms with Crippen LogP contribution in [0.2, 0.25) is 0 Å². The van der Waals surface area contributed by atoms with Crippen molar-refractivity contribution in [1.29, 1.82) is 0 Å². The predicted octanol–water partition coefficient (Wildman–Crippen LogP) is 2.58. The van der Waals surface area contributed by atoms with E-state index in [1.54, 1.807) is 19.2 Å². The zero-order valence-electron chi connectivity index (χ0n) is 13.2. The molecule has 0 fully saturated rings. The predicted molar refractivity (Wildman–Crippen MR) is 90.7 cm³/mol. The first-order valence-electron chi connectivity index (χ1n) is 7.14. The number of hydrogen-bond donors (Lipinski definition) is 2. The van der Waals surface area contributed by atoms with Crippen LogP contribution in [0.5, 0.6) is 5.75 Å². The number of rotatable bonds is 6. The molecule has 0 aromatic heterocycles. The molecule has 0 aliphatic carbocycles. The molecule has 0 saturated carbocycles. The second kappa shape index (κ2) is 7.89. The van der Waals surface area contributed by atoms with Crippen LogP contribution in [0.25, 0.3) is 5.70 Å². The highest BCUT2D eigenvalue weighted by atomic mass is 16.5. The summed E-state index contributed by atoms with van der Waals surface area (Å²) in [5.41, 5.74) is 8.65. The first kappa shape index (κ1) is 16.4. The van der Waals surface area contributed by atoms with E-state index < -0.39 is 0 Å². The Balaban J connectivity index is 2.05. The number of anilines is 1. The van der Waals surface area contributed by atoms with Crippen LogP contribution in [-0.4, -0.2) is 20.1 Å². The van der Waals surface area contributed by atoms with Crippen molar-refractivity contribution in [2.75, 3.05) is 20.0 Å². The molecule has 5 nitrogen and oxygen atoms in total. The molecule has 120 valence electrons. The zero-order chi connectivity index (χ0) is 16.7. The number of carbonyl (C=O) groups excluding carboxylic acids is 1. The number of nitrogens with one attached hydrogen (secondary N) is 1. The topological polar surface area (TPSA) is 73.6 Å². The molecule has 0 heterocycles. The van der Waals surface area contributed by atoms with Gasteiger partial charge in [-0.05, 0) is 29.8 Å². The molecular weight excluding hydrogens is 292 g/mol. The largest absolute Gasteiger partial charge is 0.502 e. The summed E-state index contributed by atoms with van der Waals surface area (Å²) in [6, 6.07) is 14.6. The van der Waals surface area contributed by atoms with Crippen LogP contribution in [0.4, 0.5) is 5.69 Å². The van der Waals surface area contributed by atoms with Crippen molar-refractivity contribution < 1.29 is 14.3 Å². The highest BCUT2D eigenvalue weighted by Gasteiger charge is 2.09. The summed E-state index contributed by atoms with van der Waals surface area (Å²) in [5, 5.41) is 2.86. The van der Waals surface area contributed by atoms with E-state index in [2.05, 4.69) is 5.32 Å². The molecule has 2 aromatic carbocycles. The van der Waals surface area contributed by atoms with Gasteiger partial charge in [-0.15, -0.1) is 0 Å². The summed E-state index contributed by atoms with van der Waals surface area (Å²) in [6.45, 7) is 0. The lowest BCUT2D eigenvalue weighted by atomic mass is 10.1. The number of methoxy groups -OCH3 is 2. The third kappa shape index (κ3) is 4.78. The lowest BCUT2D eigenvalue weighted by Crippen LogP contribution is -2.24. The molecule has 0 saturated heterocycles. The quantitative estimate of drug-likeness (QED) is 0.635. The second-order valence-corrected chi connectivity index (χ2v) is 4.96. The fourth-order valence-corrected chi connectivity index (χ4v) is 2.07. The van der Waals surface area contributed by atoms with E-state index in [1.165, 1.54) is 13.4 Å². The van der Waals surface area contributed by atoms with Crippen molar-refractivity contribution in [2.45, 2.75) is 6.42 Å². The number of benzene rings is 2. The maximum Gasteiger partial charge on any atom is 0.228 e. The van der Waals surface area contributed by atoms with E-state index in [-0.39, 0.29) is 12.3 Å². The van der Waals surface area contributed by atoms with Gasteiger partial charge in [-0.25, -0.2) is 0 Å². The third-order valence-electron chi connectivity index (χ3n) is 3.26. The third-order valence-corrected chi connectivity index (χ3v) is 3.26. The Hall–Kier alpha value is -2.95. The minimum Gasteiger partial charge on any atom is -0.502 e. The van der Waals surface area contributed by atoms with Gasteiger partial charge in [0.15, 0.2) is 0 Å². The molecular formula is C18H20N2O3. The first-order chi connectivity index (χ1) is 11.1. The van der Waals surface area contributed by atoms with E-state index in [9.17, 15) is 4.79 Å². The van der Waals surface area contributed by atoms with Crippen LogP contribution < -0.4 is 15.8 Å². The summed E-state index contributed by atoms with van der Waals surface area (Å²) >= 11 is 0. The highest BCUT2D eigenvalue weighted by Crippen LogP contribution is 2.15. The molecule has 0 radical (unpaired) electrons. The van der Waals surface area contributed by atoms with Crippen molar-refractivity contribution in [2.24, 2.45) is 0 Å². The van der Waals surface area contributed by atoms with Gasteiger partial charge in [-0.1, -0.05) is 24.3 Å². The summed E-state index contributed by atoms with van der Waals surface area (Å²) in [7, 11) is 3.14. The normalized spacial score (nSPS) is 11.0. The molecule has 1 amide bonds. The van der Waals surface area contributed by atoms with Crippen LogP contribution in [0.15, 0.2) is 54.8 Å². The molecule has 3 N–H and O–H groups in total. The Morgan fingerprint density at radius 2 is 1.74 bits per heavy atom. The van der Waals surface area contributed by atoms with Crippen molar-refractivity contribution >= 4 is 17.3 Å². The molecule has 0 unspecified atom stereocenters. The average molecular weight is 312 g/mol. The monoisotopic (exact) mass is 312 g/mol. The molecule has 0 bridgehead atoms. The van der Waals surface area contributed by atoms with E-state index in [1.807, 2.05) is 36.4 Å². The van der Waals surface area contributed by atoms with Crippen molar-refractivity contribution in [1.82, 2.24) is 5.32 Å². The minimum absolute atomic E-state index is 0.129. The fraction of sp³-hybridized carbons (Fsp3) is 0.167. The smallest absolute Gasteiger partial charge is 0.228 e. The van der Waals surface area contributed by atoms with Gasteiger partial charge in [0.2, 0.25) is 5.91 Å². The van der Waals surface area contributed by atoms with Gasteiger partial charge < -0.3 is 20.5 Å². The molecule has 23 heavy (non-hydrogen) atoms. The van der Waals surface area contributed by atoms with Crippen molar-refractivity contribution in [3.63, 3.8) is 0 Å². The number of hydrogen-bond acceptors (Lipinski definition) is 4. The van der Waals surface area contributed by atoms with Gasteiger partial charge in [0.1, 0.15) is 12.0 Å². The standard InChI is InChI=1S/C18H20N2O3/c1-22-12-17(14-5-7-15(19)8-6-14)20-18(21)11-13-3-9-16(23-2)10-4-13/h3-10,12H,11,19H2,1-2H3,(H,20,21)/b17-12-. The lowest BCUT2D eigenvalue weighted by molar-refractivity contribution is -0.119. The molecule has 0 spiro atoms. The molecule has 2 rings (SSSR count). The van der Waals surface area contributed by atoms with E-state index in [4.69, 9.17) is 15.2 Å². The van der Waals surface area contributed by atoms with Gasteiger partial charge in [-0.3, -0.25) is 4.79 Å². The Morgan fingerprint density at radius 3 is 2.30 bits per heavy atom. The number of amides is 1. The second-order valence-electron chi connectivity index (χ2n) is 4.96.